The summed E-state index contributed by atoms with van der Waals surface area (Å²) in [5, 5.41) is 0. The molecule has 0 aliphatic heterocycles. The van der Waals surface area contributed by atoms with Crippen molar-refractivity contribution in [1.29, 1.82) is 0 Å². The third kappa shape index (κ3) is 3.01. The Morgan fingerprint density at radius 2 is 1.89 bits per heavy atom. The van der Waals surface area contributed by atoms with Gasteiger partial charge in [0.25, 0.3) is 0 Å². The van der Waals surface area contributed by atoms with Crippen molar-refractivity contribution >= 4 is 15.9 Å². The van der Waals surface area contributed by atoms with Crippen molar-refractivity contribution in [2.45, 2.75) is 19.1 Å². The van der Waals surface area contributed by atoms with Crippen LogP contribution in [0.2, 0.25) is 0 Å². The van der Waals surface area contributed by atoms with Crippen molar-refractivity contribution in [1.82, 2.24) is 0 Å². The molecule has 0 aliphatic rings. The Balaban J connectivity index is 2.50. The molecule has 2 rings (SSSR count). The third-order valence-electron chi connectivity index (χ3n) is 2.72. The van der Waals surface area contributed by atoms with Crippen LogP contribution in [0.25, 0.3) is 0 Å². The van der Waals surface area contributed by atoms with E-state index in [0.29, 0.717) is 16.0 Å². The third-order valence-corrected chi connectivity index (χ3v) is 3.22. The second-order valence-corrected chi connectivity index (χ2v) is 5.07. The van der Waals surface area contributed by atoms with Gasteiger partial charge in [-0.3, -0.25) is 0 Å². The van der Waals surface area contributed by atoms with Crippen molar-refractivity contribution < 1.29 is 17.6 Å². The number of rotatable bonds is 2. The first-order valence-corrected chi connectivity index (χ1v) is 6.27. The summed E-state index contributed by atoms with van der Waals surface area (Å²) in [6.45, 7) is 1.71. The highest BCUT2D eigenvalue weighted by Crippen LogP contribution is 2.37. The van der Waals surface area contributed by atoms with Crippen LogP contribution in [0.1, 0.15) is 28.7 Å². The van der Waals surface area contributed by atoms with Crippen molar-refractivity contribution in [2.24, 2.45) is 5.73 Å². The van der Waals surface area contributed by atoms with Crippen LogP contribution in [0.5, 0.6) is 0 Å². The summed E-state index contributed by atoms with van der Waals surface area (Å²) in [7, 11) is 0. The van der Waals surface area contributed by atoms with E-state index in [1.807, 2.05) is 0 Å². The molecule has 0 spiro atoms. The van der Waals surface area contributed by atoms with E-state index in [-0.39, 0.29) is 5.56 Å². The lowest BCUT2D eigenvalue weighted by Crippen LogP contribution is -2.18. The number of halogens is 4. The fourth-order valence-corrected chi connectivity index (χ4v) is 2.18. The number of hydrogen-bond acceptors (Lipinski definition) is 2. The highest BCUT2D eigenvalue weighted by molar-refractivity contribution is 9.10. The Kier molecular flexibility index (Phi) is 3.73. The van der Waals surface area contributed by atoms with Gasteiger partial charge in [-0.2, -0.15) is 13.2 Å². The summed E-state index contributed by atoms with van der Waals surface area (Å²) >= 11 is 3.03. The Labute approximate surface area is 116 Å². The molecule has 1 atom stereocenters. The molecule has 6 heteroatoms. The zero-order valence-electron chi connectivity index (χ0n) is 9.96. The molecular weight excluding hydrogens is 323 g/mol. The molecule has 0 fully saturated rings. The number of furan rings is 1. The molecule has 1 unspecified atom stereocenters. The quantitative estimate of drug-likeness (QED) is 0.883. The first-order chi connectivity index (χ1) is 8.79. The maximum absolute atomic E-state index is 13.0. The number of nitrogens with two attached hydrogens (primary N) is 1. The average molecular weight is 334 g/mol. The van der Waals surface area contributed by atoms with Crippen LogP contribution in [0.3, 0.4) is 0 Å². The zero-order chi connectivity index (χ0) is 14.2. The molecule has 1 heterocycles. The number of benzene rings is 1. The number of hydrogen-bond donors (Lipinski definition) is 1. The Morgan fingerprint density at radius 3 is 2.42 bits per heavy atom. The standard InChI is InChI=1S/C13H11BrF3NO/c1-7-2-5-11(19-7)12(18)9-4-3-8(14)6-10(9)13(15,16)17/h2-6,12H,18H2,1H3. The van der Waals surface area contributed by atoms with Gasteiger partial charge >= 0.3 is 6.18 Å². The van der Waals surface area contributed by atoms with Crippen molar-refractivity contribution in [3.05, 3.63) is 57.5 Å². The minimum absolute atomic E-state index is 0.00921. The van der Waals surface area contributed by atoms with E-state index >= 15 is 0 Å². The van der Waals surface area contributed by atoms with Crippen molar-refractivity contribution in [3.63, 3.8) is 0 Å². The Morgan fingerprint density at radius 1 is 1.21 bits per heavy atom. The lowest BCUT2D eigenvalue weighted by atomic mass is 9.99. The van der Waals surface area contributed by atoms with E-state index in [1.165, 1.54) is 12.1 Å². The van der Waals surface area contributed by atoms with Crippen LogP contribution in [0.15, 0.2) is 39.2 Å². The van der Waals surface area contributed by atoms with E-state index in [2.05, 4.69) is 15.9 Å². The smallest absolute Gasteiger partial charge is 0.416 e. The monoisotopic (exact) mass is 333 g/mol. The summed E-state index contributed by atoms with van der Waals surface area (Å²) in [5.41, 5.74) is 5.10. The zero-order valence-corrected chi connectivity index (χ0v) is 11.5. The fourth-order valence-electron chi connectivity index (χ4n) is 1.82. The van der Waals surface area contributed by atoms with Crippen LogP contribution >= 0.6 is 15.9 Å². The minimum atomic E-state index is -4.46. The summed E-state index contributed by atoms with van der Waals surface area (Å²) in [5.74, 6) is 0.918. The SMILES string of the molecule is Cc1ccc(C(N)c2ccc(Br)cc2C(F)(F)F)o1. The van der Waals surface area contributed by atoms with E-state index in [1.54, 1.807) is 19.1 Å². The molecule has 2 aromatic rings. The molecule has 0 bridgehead atoms. The molecule has 1 aromatic heterocycles. The molecular formula is C13H11BrF3NO. The summed E-state index contributed by atoms with van der Waals surface area (Å²) in [6, 6.07) is 6.21. The average Bonchev–Trinajstić information content (AvgIpc) is 2.74. The highest BCUT2D eigenvalue weighted by Gasteiger charge is 2.35. The van der Waals surface area contributed by atoms with Crippen LogP contribution in [0, 0.1) is 6.92 Å². The van der Waals surface area contributed by atoms with Gasteiger partial charge in [-0.1, -0.05) is 22.0 Å². The van der Waals surface area contributed by atoms with Gasteiger partial charge in [0.1, 0.15) is 11.5 Å². The summed E-state index contributed by atoms with van der Waals surface area (Å²) < 4.78 is 44.7. The largest absolute Gasteiger partial charge is 0.464 e. The van der Waals surface area contributed by atoms with Gasteiger partial charge in [0, 0.05) is 4.47 Å². The number of alkyl halides is 3. The first-order valence-electron chi connectivity index (χ1n) is 5.47. The molecule has 0 amide bonds. The van der Waals surface area contributed by atoms with E-state index < -0.39 is 17.8 Å². The molecule has 102 valence electrons. The molecule has 2 N–H and O–H groups in total. The molecule has 0 aliphatic carbocycles. The molecule has 0 saturated carbocycles. The Bertz CT molecular complexity index is 592. The van der Waals surface area contributed by atoms with Crippen LogP contribution in [-0.2, 0) is 6.18 Å². The normalized spacial score (nSPS) is 13.6. The van der Waals surface area contributed by atoms with Gasteiger partial charge in [-0.15, -0.1) is 0 Å². The Hall–Kier alpha value is -1.27. The van der Waals surface area contributed by atoms with E-state index in [9.17, 15) is 13.2 Å². The second kappa shape index (κ2) is 5.02. The van der Waals surface area contributed by atoms with Crippen LogP contribution < -0.4 is 5.73 Å². The first kappa shape index (κ1) is 14.1. The lowest BCUT2D eigenvalue weighted by Gasteiger charge is -2.17. The predicted octanol–water partition coefficient (Wildman–Crippen LogP) is 4.42. The van der Waals surface area contributed by atoms with E-state index in [0.717, 1.165) is 6.07 Å². The number of aryl methyl sites for hydroxylation is 1. The van der Waals surface area contributed by atoms with Gasteiger partial charge in [0.05, 0.1) is 11.6 Å². The second-order valence-electron chi connectivity index (χ2n) is 4.16. The van der Waals surface area contributed by atoms with Crippen LogP contribution in [-0.4, -0.2) is 0 Å². The molecule has 2 nitrogen and oxygen atoms in total. The van der Waals surface area contributed by atoms with Gasteiger partial charge in [0.2, 0.25) is 0 Å². The summed E-state index contributed by atoms with van der Waals surface area (Å²) in [6.07, 6.45) is -4.46. The fraction of sp³-hybridized carbons (Fsp3) is 0.231. The molecule has 1 aromatic carbocycles. The molecule has 19 heavy (non-hydrogen) atoms. The maximum Gasteiger partial charge on any atom is 0.416 e. The molecule has 0 saturated heterocycles. The van der Waals surface area contributed by atoms with Gasteiger partial charge in [-0.25, -0.2) is 0 Å². The minimum Gasteiger partial charge on any atom is -0.464 e. The van der Waals surface area contributed by atoms with Gasteiger partial charge in [0.15, 0.2) is 0 Å². The van der Waals surface area contributed by atoms with Crippen molar-refractivity contribution in [3.8, 4) is 0 Å². The lowest BCUT2D eigenvalue weighted by molar-refractivity contribution is -0.138. The highest BCUT2D eigenvalue weighted by atomic mass is 79.9. The predicted molar refractivity (Wildman–Crippen MR) is 68.6 cm³/mol. The molecule has 0 radical (unpaired) electrons. The van der Waals surface area contributed by atoms with E-state index in [4.69, 9.17) is 10.2 Å². The van der Waals surface area contributed by atoms with Crippen molar-refractivity contribution in [2.75, 3.05) is 0 Å². The maximum atomic E-state index is 13.0. The van der Waals surface area contributed by atoms with Gasteiger partial charge in [-0.05, 0) is 36.8 Å². The summed E-state index contributed by atoms with van der Waals surface area (Å²) in [4.78, 5) is 0. The van der Waals surface area contributed by atoms with Gasteiger partial charge < -0.3 is 10.2 Å². The topological polar surface area (TPSA) is 39.2 Å². The van der Waals surface area contributed by atoms with Crippen LogP contribution in [0.4, 0.5) is 13.2 Å².